The van der Waals surface area contributed by atoms with Gasteiger partial charge in [-0.3, -0.25) is 9.69 Å². The Hall–Kier alpha value is -1.19. The zero-order valence-corrected chi connectivity index (χ0v) is 12.0. The van der Waals surface area contributed by atoms with Crippen LogP contribution in [0.1, 0.15) is 29.5 Å². The summed E-state index contributed by atoms with van der Waals surface area (Å²) in [4.78, 5) is 14.4. The molecule has 3 nitrogen and oxygen atoms in total. The highest BCUT2D eigenvalue weighted by atomic mass is 16.1. The van der Waals surface area contributed by atoms with E-state index >= 15 is 0 Å². The highest BCUT2D eigenvalue weighted by molar-refractivity contribution is 5.83. The molecular formula is C16H24N2O. The number of benzene rings is 1. The van der Waals surface area contributed by atoms with Crippen LogP contribution in [0.5, 0.6) is 0 Å². The van der Waals surface area contributed by atoms with Gasteiger partial charge in [0.1, 0.15) is 0 Å². The van der Waals surface area contributed by atoms with Crippen molar-refractivity contribution < 1.29 is 4.79 Å². The molecule has 1 aromatic carbocycles. The quantitative estimate of drug-likeness (QED) is 0.898. The van der Waals surface area contributed by atoms with Crippen LogP contribution in [-0.4, -0.2) is 36.4 Å². The average molecular weight is 260 g/mol. The number of hydrogen-bond donors (Lipinski definition) is 1. The van der Waals surface area contributed by atoms with Crippen molar-refractivity contribution in [3.05, 3.63) is 34.9 Å². The van der Waals surface area contributed by atoms with Crippen LogP contribution in [0.4, 0.5) is 0 Å². The fraction of sp³-hybridized carbons (Fsp3) is 0.562. The largest absolute Gasteiger partial charge is 0.328 e. The molecule has 2 rings (SSSR count). The first-order chi connectivity index (χ1) is 9.06. The predicted molar refractivity (Wildman–Crippen MR) is 78.3 cm³/mol. The number of likely N-dealkylation sites (tertiary alicyclic amines) is 1. The van der Waals surface area contributed by atoms with E-state index in [9.17, 15) is 4.79 Å². The number of hydrogen-bond acceptors (Lipinski definition) is 3. The van der Waals surface area contributed by atoms with Crippen LogP contribution in [-0.2, 0) is 11.2 Å². The summed E-state index contributed by atoms with van der Waals surface area (Å²) in [6, 6.07) is 6.53. The number of nitrogens with two attached hydrogens (primary N) is 1. The number of piperidine rings is 1. The van der Waals surface area contributed by atoms with Crippen molar-refractivity contribution in [1.29, 1.82) is 0 Å². The van der Waals surface area contributed by atoms with Crippen molar-refractivity contribution >= 4 is 5.78 Å². The number of carbonyl (C=O) groups excluding carboxylic acids is 1. The van der Waals surface area contributed by atoms with Gasteiger partial charge in [-0.15, -0.1) is 0 Å². The maximum absolute atomic E-state index is 12.2. The van der Waals surface area contributed by atoms with Gasteiger partial charge in [-0.05, 0) is 43.4 Å². The van der Waals surface area contributed by atoms with Crippen LogP contribution in [0.3, 0.4) is 0 Å². The second kappa shape index (κ2) is 6.31. The van der Waals surface area contributed by atoms with E-state index in [-0.39, 0.29) is 0 Å². The van der Waals surface area contributed by atoms with Crippen molar-refractivity contribution in [2.45, 2.75) is 39.2 Å². The lowest BCUT2D eigenvalue weighted by Gasteiger charge is -2.29. The minimum absolute atomic E-state index is 0.313. The van der Waals surface area contributed by atoms with E-state index in [1.807, 2.05) is 6.07 Å². The fourth-order valence-electron chi connectivity index (χ4n) is 2.74. The molecule has 0 spiro atoms. The third-order valence-corrected chi connectivity index (χ3v) is 4.05. The van der Waals surface area contributed by atoms with Gasteiger partial charge >= 0.3 is 0 Å². The molecule has 2 N–H and O–H groups in total. The SMILES string of the molecule is Cc1cccc(C)c1CC(=O)CN1CCC(N)CC1. The lowest BCUT2D eigenvalue weighted by Crippen LogP contribution is -2.42. The normalized spacial score (nSPS) is 17.6. The Morgan fingerprint density at radius 3 is 2.42 bits per heavy atom. The summed E-state index contributed by atoms with van der Waals surface area (Å²) < 4.78 is 0. The van der Waals surface area contributed by atoms with Crippen LogP contribution in [0.2, 0.25) is 0 Å². The molecule has 0 bridgehead atoms. The van der Waals surface area contributed by atoms with Gasteiger partial charge in [0.15, 0.2) is 5.78 Å². The van der Waals surface area contributed by atoms with Crippen LogP contribution >= 0.6 is 0 Å². The zero-order chi connectivity index (χ0) is 13.8. The molecule has 1 heterocycles. The van der Waals surface area contributed by atoms with Gasteiger partial charge in [0, 0.05) is 25.6 Å². The van der Waals surface area contributed by atoms with Crippen molar-refractivity contribution in [3.8, 4) is 0 Å². The lowest BCUT2D eigenvalue weighted by atomic mass is 9.97. The van der Waals surface area contributed by atoms with E-state index in [4.69, 9.17) is 5.73 Å². The van der Waals surface area contributed by atoms with Gasteiger partial charge < -0.3 is 5.73 Å². The average Bonchev–Trinajstić information content (AvgIpc) is 2.37. The van der Waals surface area contributed by atoms with Gasteiger partial charge in [0.2, 0.25) is 0 Å². The molecule has 0 saturated carbocycles. The molecule has 104 valence electrons. The second-order valence-corrected chi connectivity index (χ2v) is 5.70. The third kappa shape index (κ3) is 3.88. The van der Waals surface area contributed by atoms with Crippen LogP contribution in [0, 0.1) is 13.8 Å². The molecular weight excluding hydrogens is 236 g/mol. The van der Waals surface area contributed by atoms with Crippen molar-refractivity contribution in [3.63, 3.8) is 0 Å². The van der Waals surface area contributed by atoms with E-state index in [1.54, 1.807) is 0 Å². The Morgan fingerprint density at radius 1 is 1.26 bits per heavy atom. The van der Waals surface area contributed by atoms with Crippen LogP contribution < -0.4 is 5.73 Å². The number of rotatable bonds is 4. The number of aryl methyl sites for hydroxylation is 2. The Balaban J connectivity index is 1.91. The van der Waals surface area contributed by atoms with Crippen LogP contribution in [0.15, 0.2) is 18.2 Å². The van der Waals surface area contributed by atoms with E-state index in [0.717, 1.165) is 25.9 Å². The smallest absolute Gasteiger partial charge is 0.151 e. The Bertz CT molecular complexity index is 428. The number of nitrogens with zero attached hydrogens (tertiary/aromatic N) is 1. The third-order valence-electron chi connectivity index (χ3n) is 4.05. The first-order valence-corrected chi connectivity index (χ1v) is 7.11. The number of Topliss-reactive ketones (excluding diaryl/α,β-unsaturated/α-hetero) is 1. The summed E-state index contributed by atoms with van der Waals surface area (Å²) in [5.74, 6) is 0.313. The molecule has 0 amide bonds. The highest BCUT2D eigenvalue weighted by Gasteiger charge is 2.18. The standard InChI is InChI=1S/C16H24N2O/c1-12-4-3-5-13(2)16(12)10-15(19)11-18-8-6-14(17)7-9-18/h3-5,14H,6-11,17H2,1-2H3. The van der Waals surface area contributed by atoms with Gasteiger partial charge in [-0.1, -0.05) is 18.2 Å². The summed E-state index contributed by atoms with van der Waals surface area (Å²) in [6.45, 7) is 6.64. The highest BCUT2D eigenvalue weighted by Crippen LogP contribution is 2.15. The summed E-state index contributed by atoms with van der Waals surface area (Å²) in [5, 5.41) is 0. The Kier molecular flexibility index (Phi) is 4.72. The predicted octanol–water partition coefficient (Wildman–Crippen LogP) is 1.84. The molecule has 19 heavy (non-hydrogen) atoms. The van der Waals surface area contributed by atoms with Gasteiger partial charge in [0.05, 0.1) is 6.54 Å². The summed E-state index contributed by atoms with van der Waals surface area (Å²) in [5.41, 5.74) is 9.51. The molecule has 1 aliphatic heterocycles. The van der Waals surface area contributed by atoms with Crippen molar-refractivity contribution in [2.75, 3.05) is 19.6 Å². The number of ketones is 1. The zero-order valence-electron chi connectivity index (χ0n) is 12.0. The minimum Gasteiger partial charge on any atom is -0.328 e. The maximum atomic E-state index is 12.2. The minimum atomic E-state index is 0.313. The first-order valence-electron chi connectivity index (χ1n) is 7.11. The molecule has 1 fully saturated rings. The van der Waals surface area contributed by atoms with E-state index in [2.05, 4.69) is 30.9 Å². The summed E-state index contributed by atoms with van der Waals surface area (Å²) in [6.07, 6.45) is 2.58. The summed E-state index contributed by atoms with van der Waals surface area (Å²) >= 11 is 0. The summed E-state index contributed by atoms with van der Waals surface area (Å²) in [7, 11) is 0. The molecule has 0 aromatic heterocycles. The topological polar surface area (TPSA) is 46.3 Å². The first kappa shape index (κ1) is 14.2. The van der Waals surface area contributed by atoms with Gasteiger partial charge in [0.25, 0.3) is 0 Å². The number of carbonyl (C=O) groups is 1. The van der Waals surface area contributed by atoms with E-state index in [1.165, 1.54) is 16.7 Å². The Morgan fingerprint density at radius 2 is 1.84 bits per heavy atom. The second-order valence-electron chi connectivity index (χ2n) is 5.70. The van der Waals surface area contributed by atoms with Gasteiger partial charge in [-0.2, -0.15) is 0 Å². The van der Waals surface area contributed by atoms with Crippen molar-refractivity contribution in [1.82, 2.24) is 4.90 Å². The van der Waals surface area contributed by atoms with Gasteiger partial charge in [-0.25, -0.2) is 0 Å². The molecule has 3 heteroatoms. The molecule has 0 radical (unpaired) electrons. The van der Waals surface area contributed by atoms with E-state index < -0.39 is 0 Å². The maximum Gasteiger partial charge on any atom is 0.151 e. The lowest BCUT2D eigenvalue weighted by molar-refractivity contribution is -0.119. The Labute approximate surface area is 115 Å². The van der Waals surface area contributed by atoms with Crippen molar-refractivity contribution in [2.24, 2.45) is 5.73 Å². The molecule has 0 atom stereocenters. The fourth-order valence-corrected chi connectivity index (χ4v) is 2.74. The monoisotopic (exact) mass is 260 g/mol. The van der Waals surface area contributed by atoms with E-state index in [0.29, 0.717) is 24.8 Å². The molecule has 0 aliphatic carbocycles. The molecule has 1 aromatic rings. The molecule has 0 unspecified atom stereocenters. The molecule has 1 aliphatic rings. The van der Waals surface area contributed by atoms with Crippen LogP contribution in [0.25, 0.3) is 0 Å². The molecule has 1 saturated heterocycles.